The van der Waals surface area contributed by atoms with Crippen molar-refractivity contribution < 1.29 is 9.53 Å². The molecular weight excluding hydrogens is 266 g/mol. The van der Waals surface area contributed by atoms with Crippen molar-refractivity contribution in [2.24, 2.45) is 0 Å². The molecule has 0 aliphatic carbocycles. The number of rotatable bonds is 2. The van der Waals surface area contributed by atoms with Crippen LogP contribution in [0.4, 0.5) is 11.4 Å². The predicted octanol–water partition coefficient (Wildman–Crippen LogP) is 1.98. The first-order valence-corrected chi connectivity index (χ1v) is 7.31. The fourth-order valence-electron chi connectivity index (χ4n) is 2.71. The van der Waals surface area contributed by atoms with Gasteiger partial charge in [-0.15, -0.1) is 0 Å². The Morgan fingerprint density at radius 2 is 1.81 bits per heavy atom. The maximum Gasteiger partial charge on any atom is 0.337 e. The molecule has 116 valence electrons. The Morgan fingerprint density at radius 3 is 2.29 bits per heavy atom. The van der Waals surface area contributed by atoms with Crippen molar-refractivity contribution in [2.45, 2.75) is 26.3 Å². The van der Waals surface area contributed by atoms with E-state index in [-0.39, 0.29) is 11.5 Å². The number of nitrogens with two attached hydrogens (primary N) is 1. The first-order chi connectivity index (χ1) is 9.82. The van der Waals surface area contributed by atoms with Crippen molar-refractivity contribution >= 4 is 17.3 Å². The van der Waals surface area contributed by atoms with E-state index in [1.807, 2.05) is 6.07 Å². The van der Waals surface area contributed by atoms with Gasteiger partial charge >= 0.3 is 5.97 Å². The van der Waals surface area contributed by atoms with Gasteiger partial charge in [0.25, 0.3) is 0 Å². The third kappa shape index (κ3) is 3.47. The number of nitrogens with zero attached hydrogens (tertiary/aromatic N) is 2. The predicted molar refractivity (Wildman–Crippen MR) is 85.7 cm³/mol. The number of hydrogen-bond donors (Lipinski definition) is 1. The fraction of sp³-hybridized carbons (Fsp3) is 0.562. The highest BCUT2D eigenvalue weighted by atomic mass is 16.5. The molecule has 21 heavy (non-hydrogen) atoms. The molecule has 0 spiro atoms. The summed E-state index contributed by atoms with van der Waals surface area (Å²) < 4.78 is 4.71. The molecule has 5 heteroatoms. The molecule has 1 saturated heterocycles. The minimum absolute atomic E-state index is 0.201. The monoisotopic (exact) mass is 291 g/mol. The van der Waals surface area contributed by atoms with Crippen LogP contribution in [0.3, 0.4) is 0 Å². The van der Waals surface area contributed by atoms with E-state index in [4.69, 9.17) is 10.5 Å². The molecule has 5 nitrogen and oxygen atoms in total. The summed E-state index contributed by atoms with van der Waals surface area (Å²) >= 11 is 0. The summed E-state index contributed by atoms with van der Waals surface area (Å²) in [5.41, 5.74) is 8.42. The average molecular weight is 291 g/mol. The number of carbonyl (C=O) groups is 1. The van der Waals surface area contributed by atoms with Crippen LogP contribution in [0.5, 0.6) is 0 Å². The van der Waals surface area contributed by atoms with Crippen LogP contribution in [-0.4, -0.2) is 49.7 Å². The van der Waals surface area contributed by atoms with Gasteiger partial charge in [-0.05, 0) is 39.0 Å². The van der Waals surface area contributed by atoms with Crippen LogP contribution < -0.4 is 10.6 Å². The SMILES string of the molecule is COC(=O)c1ccc(N2CCN(C(C)(C)C)CC2)c(N)c1. The number of anilines is 2. The molecule has 0 saturated carbocycles. The third-order valence-electron chi connectivity index (χ3n) is 4.02. The third-order valence-corrected chi connectivity index (χ3v) is 4.02. The molecule has 2 rings (SSSR count). The lowest BCUT2D eigenvalue weighted by Crippen LogP contribution is -2.53. The standard InChI is InChI=1S/C16H25N3O2/c1-16(2,3)19-9-7-18(8-10-19)14-6-5-12(11-13(14)17)15(20)21-4/h5-6,11H,7-10,17H2,1-4H3. The Morgan fingerprint density at radius 1 is 1.19 bits per heavy atom. The molecule has 1 aliphatic heterocycles. The Labute approximate surface area is 126 Å². The molecule has 1 heterocycles. The van der Waals surface area contributed by atoms with Crippen molar-refractivity contribution in [3.8, 4) is 0 Å². The van der Waals surface area contributed by atoms with Gasteiger partial charge in [0.1, 0.15) is 0 Å². The molecule has 0 unspecified atom stereocenters. The summed E-state index contributed by atoms with van der Waals surface area (Å²) in [6.07, 6.45) is 0. The van der Waals surface area contributed by atoms with Crippen LogP contribution in [0.2, 0.25) is 0 Å². The van der Waals surface area contributed by atoms with E-state index in [1.165, 1.54) is 7.11 Å². The molecule has 1 aromatic rings. The normalized spacial score (nSPS) is 16.9. The second-order valence-electron chi connectivity index (χ2n) is 6.41. The zero-order chi connectivity index (χ0) is 15.6. The van der Waals surface area contributed by atoms with E-state index >= 15 is 0 Å². The number of methoxy groups -OCH3 is 1. The van der Waals surface area contributed by atoms with Crippen LogP contribution in [0.1, 0.15) is 31.1 Å². The van der Waals surface area contributed by atoms with E-state index in [9.17, 15) is 4.79 Å². The molecule has 0 atom stereocenters. The van der Waals surface area contributed by atoms with E-state index in [0.717, 1.165) is 31.9 Å². The Kier molecular flexibility index (Phi) is 4.42. The Balaban J connectivity index is 2.09. The number of hydrogen-bond acceptors (Lipinski definition) is 5. The summed E-state index contributed by atoms with van der Waals surface area (Å²) in [7, 11) is 1.37. The fourth-order valence-corrected chi connectivity index (χ4v) is 2.71. The molecule has 0 amide bonds. The second kappa shape index (κ2) is 5.93. The minimum Gasteiger partial charge on any atom is -0.465 e. The topological polar surface area (TPSA) is 58.8 Å². The molecule has 0 bridgehead atoms. The van der Waals surface area contributed by atoms with Crippen molar-refractivity contribution in [1.82, 2.24) is 4.90 Å². The zero-order valence-corrected chi connectivity index (χ0v) is 13.3. The number of piperazine rings is 1. The number of ether oxygens (including phenoxy) is 1. The molecule has 0 aromatic heterocycles. The van der Waals surface area contributed by atoms with E-state index < -0.39 is 0 Å². The van der Waals surface area contributed by atoms with E-state index in [0.29, 0.717) is 11.3 Å². The molecular formula is C16H25N3O2. The van der Waals surface area contributed by atoms with Gasteiger partial charge in [-0.2, -0.15) is 0 Å². The van der Waals surface area contributed by atoms with Crippen molar-refractivity contribution in [3.05, 3.63) is 23.8 Å². The summed E-state index contributed by atoms with van der Waals surface area (Å²) in [6.45, 7) is 10.6. The van der Waals surface area contributed by atoms with Gasteiger partial charge < -0.3 is 15.4 Å². The van der Waals surface area contributed by atoms with Gasteiger partial charge in [0, 0.05) is 31.7 Å². The van der Waals surface area contributed by atoms with E-state index in [1.54, 1.807) is 12.1 Å². The maximum absolute atomic E-state index is 11.5. The highest BCUT2D eigenvalue weighted by Gasteiger charge is 2.26. The molecule has 1 fully saturated rings. The number of benzene rings is 1. The van der Waals surface area contributed by atoms with Crippen molar-refractivity contribution in [1.29, 1.82) is 0 Å². The van der Waals surface area contributed by atoms with Crippen LogP contribution >= 0.6 is 0 Å². The van der Waals surface area contributed by atoms with Gasteiger partial charge in [-0.1, -0.05) is 0 Å². The van der Waals surface area contributed by atoms with E-state index in [2.05, 4.69) is 30.6 Å². The van der Waals surface area contributed by atoms with Crippen molar-refractivity contribution in [2.75, 3.05) is 43.9 Å². The smallest absolute Gasteiger partial charge is 0.337 e. The van der Waals surface area contributed by atoms with Crippen molar-refractivity contribution in [3.63, 3.8) is 0 Å². The van der Waals surface area contributed by atoms with Crippen LogP contribution in [-0.2, 0) is 4.74 Å². The zero-order valence-electron chi connectivity index (χ0n) is 13.3. The van der Waals surface area contributed by atoms with Crippen LogP contribution in [0, 0.1) is 0 Å². The Bertz CT molecular complexity index is 515. The minimum atomic E-state index is -0.356. The first kappa shape index (κ1) is 15.6. The molecule has 1 aliphatic rings. The average Bonchev–Trinajstić information content (AvgIpc) is 2.45. The van der Waals surface area contributed by atoms with Gasteiger partial charge in [-0.25, -0.2) is 4.79 Å². The molecule has 2 N–H and O–H groups in total. The summed E-state index contributed by atoms with van der Waals surface area (Å²) in [4.78, 5) is 16.3. The summed E-state index contributed by atoms with van der Waals surface area (Å²) in [5, 5.41) is 0. The summed E-state index contributed by atoms with van der Waals surface area (Å²) in [6, 6.07) is 5.37. The van der Waals surface area contributed by atoms with Crippen LogP contribution in [0.25, 0.3) is 0 Å². The quantitative estimate of drug-likeness (QED) is 0.667. The van der Waals surface area contributed by atoms with Gasteiger partial charge in [0.2, 0.25) is 0 Å². The first-order valence-electron chi connectivity index (χ1n) is 7.31. The Hall–Kier alpha value is -1.75. The van der Waals surface area contributed by atoms with Gasteiger partial charge in [0.05, 0.1) is 24.0 Å². The maximum atomic E-state index is 11.5. The highest BCUT2D eigenvalue weighted by molar-refractivity contribution is 5.92. The molecule has 1 aromatic carbocycles. The number of nitrogen functional groups attached to an aromatic ring is 1. The lowest BCUT2D eigenvalue weighted by atomic mass is 10.0. The summed E-state index contributed by atoms with van der Waals surface area (Å²) in [5.74, 6) is -0.356. The van der Waals surface area contributed by atoms with Crippen LogP contribution in [0.15, 0.2) is 18.2 Å². The van der Waals surface area contributed by atoms with Gasteiger partial charge in [0.15, 0.2) is 0 Å². The second-order valence-corrected chi connectivity index (χ2v) is 6.41. The highest BCUT2D eigenvalue weighted by Crippen LogP contribution is 2.27. The molecule has 0 radical (unpaired) electrons. The largest absolute Gasteiger partial charge is 0.465 e. The number of carbonyl (C=O) groups excluding carboxylic acids is 1. The lowest BCUT2D eigenvalue weighted by molar-refractivity contribution is 0.0601. The lowest BCUT2D eigenvalue weighted by Gasteiger charge is -2.43. The van der Waals surface area contributed by atoms with Gasteiger partial charge in [-0.3, -0.25) is 4.90 Å². The number of esters is 1.